The first-order chi connectivity index (χ1) is 31.2. The molecule has 15 heteroatoms. The number of nitrogens with one attached hydrogen (secondary N) is 3. The van der Waals surface area contributed by atoms with Crippen molar-refractivity contribution in [1.82, 2.24) is 40.6 Å². The van der Waals surface area contributed by atoms with Gasteiger partial charge in [0.2, 0.25) is 23.6 Å². The van der Waals surface area contributed by atoms with E-state index in [1.54, 1.807) is 23.5 Å². The van der Waals surface area contributed by atoms with Gasteiger partial charge in [0, 0.05) is 61.5 Å². The normalized spacial score (nSPS) is 17.5. The van der Waals surface area contributed by atoms with Crippen LogP contribution in [-0.2, 0) is 19.2 Å². The van der Waals surface area contributed by atoms with E-state index >= 15 is 0 Å². The summed E-state index contributed by atoms with van der Waals surface area (Å²) in [7, 11) is 0. The van der Waals surface area contributed by atoms with Crippen molar-refractivity contribution in [3.8, 4) is 27.4 Å². The Labute approximate surface area is 385 Å². The number of carbonyl (C=O) groups is 4. The molecule has 0 aliphatic carbocycles. The van der Waals surface area contributed by atoms with E-state index < -0.39 is 23.6 Å². The second-order valence-electron chi connectivity index (χ2n) is 19.0. The molecule has 346 valence electrons. The number of fused-ring (bicyclic) bond motifs is 1. The van der Waals surface area contributed by atoms with E-state index in [9.17, 15) is 29.4 Å². The zero-order valence-electron chi connectivity index (χ0n) is 38.3. The monoisotopic (exact) mass is 904 g/mol. The van der Waals surface area contributed by atoms with Gasteiger partial charge in [0.25, 0.3) is 0 Å². The summed E-state index contributed by atoms with van der Waals surface area (Å²) in [6.45, 7) is 11.0. The molecule has 14 nitrogen and oxygen atoms in total. The number of phenolic OH excluding ortho intramolecular Hbond substituents is 1. The maximum Gasteiger partial charge on any atom is 0.246 e. The fraction of sp³-hybridized carbons (Fsp3) is 0.500. The number of amides is 4. The number of para-hydroxylation sites is 1. The maximum absolute atomic E-state index is 14.1. The van der Waals surface area contributed by atoms with Gasteiger partial charge in [0.15, 0.2) is 5.65 Å². The van der Waals surface area contributed by atoms with Gasteiger partial charge in [-0.05, 0) is 67.5 Å². The van der Waals surface area contributed by atoms with Gasteiger partial charge in [-0.15, -0.1) is 21.5 Å². The number of hydrogen-bond acceptors (Lipinski definition) is 10. The Hall–Kier alpha value is -5.67. The molecule has 4 atom stereocenters. The molecule has 0 saturated carbocycles. The zero-order chi connectivity index (χ0) is 46.3. The van der Waals surface area contributed by atoms with Crippen molar-refractivity contribution in [3.05, 3.63) is 83.1 Å². The lowest BCUT2D eigenvalue weighted by atomic mass is 9.85. The van der Waals surface area contributed by atoms with Gasteiger partial charge in [0.1, 0.15) is 17.8 Å². The maximum atomic E-state index is 14.1. The molecule has 5 aromatic rings. The zero-order valence-corrected chi connectivity index (χ0v) is 39.1. The van der Waals surface area contributed by atoms with Gasteiger partial charge < -0.3 is 35.6 Å². The molecular formula is C50H64N8O6S. The Balaban J connectivity index is 0.762. The molecule has 2 aromatic carbocycles. The van der Waals surface area contributed by atoms with E-state index in [2.05, 4.69) is 36.9 Å². The highest BCUT2D eigenvalue weighted by Crippen LogP contribution is 2.33. The number of β-amino-alcohol motifs (C(OH)–C–C–N with tert-alkyl or cyclic N) is 1. The lowest BCUT2D eigenvalue weighted by Gasteiger charge is -2.39. The Kier molecular flexibility index (Phi) is 15.4. The average molecular weight is 905 g/mol. The van der Waals surface area contributed by atoms with Crippen LogP contribution in [0, 0.1) is 12.3 Å². The third-order valence-electron chi connectivity index (χ3n) is 12.9. The number of unbranched alkanes of at least 4 members (excludes halogenated alkanes) is 7. The van der Waals surface area contributed by atoms with Crippen molar-refractivity contribution in [2.75, 3.05) is 19.6 Å². The number of likely N-dealkylation sites (tertiary alicyclic amines) is 2. The summed E-state index contributed by atoms with van der Waals surface area (Å²) in [6, 6.07) is 17.0. The van der Waals surface area contributed by atoms with Gasteiger partial charge in [-0.2, -0.15) is 0 Å². The van der Waals surface area contributed by atoms with Crippen molar-refractivity contribution in [3.63, 3.8) is 0 Å². The minimum Gasteiger partial charge on any atom is -0.507 e. The number of benzene rings is 2. The van der Waals surface area contributed by atoms with Gasteiger partial charge in [-0.25, -0.2) is 4.98 Å². The number of aromatic amines is 1. The summed E-state index contributed by atoms with van der Waals surface area (Å²) in [5, 5.41) is 36.4. The number of aliphatic hydroxyl groups excluding tert-OH is 1. The van der Waals surface area contributed by atoms with E-state index in [1.807, 2.05) is 87.5 Å². The third kappa shape index (κ3) is 11.8. The molecule has 0 radical (unpaired) electrons. The molecule has 2 aliphatic heterocycles. The van der Waals surface area contributed by atoms with Crippen LogP contribution in [0.15, 0.2) is 66.2 Å². The van der Waals surface area contributed by atoms with Gasteiger partial charge in [-0.1, -0.05) is 95.7 Å². The molecular weight excluding hydrogens is 841 g/mol. The van der Waals surface area contributed by atoms with Crippen LogP contribution >= 0.6 is 11.3 Å². The first-order valence-electron chi connectivity index (χ1n) is 23.2. The topological polar surface area (TPSA) is 194 Å². The lowest BCUT2D eigenvalue weighted by Crippen LogP contribution is -2.57. The summed E-state index contributed by atoms with van der Waals surface area (Å²) in [4.78, 5) is 65.9. The summed E-state index contributed by atoms with van der Waals surface area (Å²) < 4.78 is 0. The van der Waals surface area contributed by atoms with Crippen molar-refractivity contribution in [2.45, 2.75) is 135 Å². The number of aromatic nitrogens is 4. The number of H-pyrrole nitrogens is 1. The third-order valence-corrected chi connectivity index (χ3v) is 13.8. The second-order valence-corrected chi connectivity index (χ2v) is 19.8. The number of aryl methyl sites for hydroxylation is 1. The molecule has 5 N–H and O–H groups in total. The standard InChI is InChI=1S/C50H64N8O6S/c1-31(33-20-22-34(23-21-33)45-32(2)51-30-65-45)52-48(63)41-26-37(59)29-58(41)49(64)46(50(3,4)5)54-43(61)18-12-10-8-6-7-9-11-13-19-44(62)57-27-36(28-57)39-24-35-25-40(55-56-47(35)53-39)38-16-14-15-17-42(38)60/h14-17,20-25,30-31,36-37,41,46,59-60H,6-13,18-19,26-29H2,1-5H3,(H,52,63)(H,53,56)(H,54,61)/t31-,37+,41-,46+/m0/s1. The quantitative estimate of drug-likeness (QED) is 0.0512. The molecule has 4 amide bonds. The molecule has 5 heterocycles. The predicted molar refractivity (Wildman–Crippen MR) is 253 cm³/mol. The van der Waals surface area contributed by atoms with E-state index in [1.165, 1.54) is 4.90 Å². The Morgan fingerprint density at radius 3 is 2.22 bits per heavy atom. The molecule has 2 fully saturated rings. The molecule has 2 saturated heterocycles. The molecule has 0 unspecified atom stereocenters. The van der Waals surface area contributed by atoms with Gasteiger partial charge >= 0.3 is 0 Å². The van der Waals surface area contributed by atoms with Gasteiger partial charge in [0.05, 0.1) is 33.9 Å². The Bertz CT molecular complexity index is 2440. The van der Waals surface area contributed by atoms with E-state index in [0.29, 0.717) is 49.3 Å². The molecule has 7 rings (SSSR count). The van der Waals surface area contributed by atoms with E-state index in [0.717, 1.165) is 77.7 Å². The van der Waals surface area contributed by atoms with Crippen LogP contribution in [0.5, 0.6) is 5.75 Å². The molecule has 65 heavy (non-hydrogen) atoms. The number of carbonyl (C=O) groups excluding carboxylic acids is 4. The van der Waals surface area contributed by atoms with Crippen molar-refractivity contribution in [1.29, 1.82) is 0 Å². The molecule has 0 spiro atoms. The summed E-state index contributed by atoms with van der Waals surface area (Å²) in [5.41, 5.74) is 7.14. The highest BCUT2D eigenvalue weighted by Gasteiger charge is 2.44. The van der Waals surface area contributed by atoms with Crippen LogP contribution in [-0.4, -0.2) is 102 Å². The minimum absolute atomic E-state index is 0.0284. The number of aliphatic hydroxyl groups is 1. The number of rotatable bonds is 19. The first-order valence-corrected chi connectivity index (χ1v) is 24.1. The van der Waals surface area contributed by atoms with Crippen molar-refractivity contribution >= 4 is 46.0 Å². The van der Waals surface area contributed by atoms with Crippen LogP contribution in [0.4, 0.5) is 0 Å². The van der Waals surface area contributed by atoms with Crippen molar-refractivity contribution < 1.29 is 29.4 Å². The number of phenols is 1. The summed E-state index contributed by atoms with van der Waals surface area (Å²) in [5.74, 6) is -0.300. The Morgan fingerprint density at radius 1 is 0.877 bits per heavy atom. The molecule has 3 aromatic heterocycles. The lowest BCUT2D eigenvalue weighted by molar-refractivity contribution is -0.144. The second kappa shape index (κ2) is 21.1. The fourth-order valence-electron chi connectivity index (χ4n) is 8.90. The number of nitrogens with zero attached hydrogens (tertiary/aromatic N) is 5. The Morgan fingerprint density at radius 2 is 1.55 bits per heavy atom. The van der Waals surface area contributed by atoms with Crippen LogP contribution in [0.25, 0.3) is 32.7 Å². The van der Waals surface area contributed by atoms with Crippen LogP contribution in [0.2, 0.25) is 0 Å². The minimum atomic E-state index is -0.855. The number of aromatic hydroxyl groups is 1. The molecule has 2 aliphatic rings. The largest absolute Gasteiger partial charge is 0.507 e. The van der Waals surface area contributed by atoms with Crippen molar-refractivity contribution in [2.24, 2.45) is 5.41 Å². The molecule has 0 bridgehead atoms. The van der Waals surface area contributed by atoms with E-state index in [-0.39, 0.29) is 54.3 Å². The predicted octanol–water partition coefficient (Wildman–Crippen LogP) is 7.96. The van der Waals surface area contributed by atoms with E-state index in [4.69, 9.17) is 0 Å². The van der Waals surface area contributed by atoms with Crippen LogP contribution in [0.3, 0.4) is 0 Å². The smallest absolute Gasteiger partial charge is 0.246 e. The SMILES string of the molecule is Cc1ncsc1-c1ccc([C@H](C)NC(=O)[C@@H]2C[C@@H](O)CN2C(=O)[C@@H](NC(=O)CCCCCCCCCCC(=O)N2CC(c3cc4cc(-c5ccccc5O)nnc4[nH]3)C2)C(C)(C)C)cc1. The first kappa shape index (κ1) is 47.3. The van der Waals surface area contributed by atoms with Gasteiger partial charge in [-0.3, -0.25) is 19.2 Å². The summed E-state index contributed by atoms with van der Waals surface area (Å²) >= 11 is 1.58. The highest BCUT2D eigenvalue weighted by molar-refractivity contribution is 7.13. The highest BCUT2D eigenvalue weighted by atomic mass is 32.1. The summed E-state index contributed by atoms with van der Waals surface area (Å²) in [6.07, 6.45) is 7.86. The fourth-order valence-corrected chi connectivity index (χ4v) is 9.72. The van der Waals surface area contributed by atoms with Crippen LogP contribution < -0.4 is 10.6 Å². The van der Waals surface area contributed by atoms with Crippen LogP contribution in [0.1, 0.15) is 127 Å². The number of thiazole rings is 1. The average Bonchev–Trinajstić information content (AvgIpc) is 4.00. The number of hydrogen-bond donors (Lipinski definition) is 5.